The van der Waals surface area contributed by atoms with Gasteiger partial charge in [0.05, 0.1) is 4.90 Å². The van der Waals surface area contributed by atoms with Crippen LogP contribution in [0.2, 0.25) is 0 Å². The molecule has 0 aromatic heterocycles. The Morgan fingerprint density at radius 2 is 1.52 bits per heavy atom. The zero-order valence-corrected chi connectivity index (χ0v) is 17.0. The molecule has 1 aromatic rings. The van der Waals surface area contributed by atoms with Crippen LogP contribution in [0.15, 0.2) is 29.2 Å². The van der Waals surface area contributed by atoms with Crippen molar-refractivity contribution in [1.82, 2.24) is 9.62 Å². The summed E-state index contributed by atoms with van der Waals surface area (Å²) in [6, 6.07) is 6.56. The molecule has 0 bridgehead atoms. The number of anilines is 1. The van der Waals surface area contributed by atoms with Crippen LogP contribution in [0, 0.1) is 17.3 Å². The number of carbonyl (C=O) groups excluding carboxylic acids is 2. The molecule has 2 aliphatic rings. The van der Waals surface area contributed by atoms with E-state index >= 15 is 0 Å². The first-order chi connectivity index (χ1) is 12.5. The monoisotopic (exact) mass is 393 g/mol. The molecule has 3 rings (SSSR count). The number of rotatable bonds is 5. The molecule has 0 unspecified atom stereocenters. The van der Waals surface area contributed by atoms with Gasteiger partial charge in [-0.1, -0.05) is 27.7 Å². The van der Waals surface area contributed by atoms with Gasteiger partial charge in [0.2, 0.25) is 11.8 Å². The van der Waals surface area contributed by atoms with Crippen molar-refractivity contribution in [3.63, 3.8) is 0 Å². The standard InChI is InChI=1S/C19H27N3O4S/c1-13(2)17(23)20-27(25,26)16-7-5-15(6-8-16)21-9-19(10-21)11-22(12-19)18(24)14(3)4/h5-8,13-14H,9-12H2,1-4H3,(H,20,23). The quantitative estimate of drug-likeness (QED) is 0.818. The van der Waals surface area contributed by atoms with Gasteiger partial charge in [0, 0.05) is 49.1 Å². The topological polar surface area (TPSA) is 86.8 Å². The molecule has 27 heavy (non-hydrogen) atoms. The van der Waals surface area contributed by atoms with E-state index in [1.54, 1.807) is 26.0 Å². The van der Waals surface area contributed by atoms with Crippen LogP contribution in [-0.4, -0.2) is 51.3 Å². The first-order valence-electron chi connectivity index (χ1n) is 9.23. The Bertz CT molecular complexity index is 832. The van der Waals surface area contributed by atoms with Gasteiger partial charge in [-0.2, -0.15) is 0 Å². The molecule has 0 radical (unpaired) electrons. The molecule has 2 heterocycles. The Kier molecular flexibility index (Phi) is 4.96. The van der Waals surface area contributed by atoms with Crippen molar-refractivity contribution in [3.05, 3.63) is 24.3 Å². The van der Waals surface area contributed by atoms with Crippen LogP contribution >= 0.6 is 0 Å². The minimum atomic E-state index is -3.84. The molecule has 148 valence electrons. The summed E-state index contributed by atoms with van der Waals surface area (Å²) >= 11 is 0. The highest BCUT2D eigenvalue weighted by Crippen LogP contribution is 2.42. The molecule has 2 amide bonds. The number of nitrogens with zero attached hydrogens (tertiary/aromatic N) is 2. The van der Waals surface area contributed by atoms with E-state index in [1.165, 1.54) is 12.1 Å². The summed E-state index contributed by atoms with van der Waals surface area (Å²) in [7, 11) is -3.84. The third kappa shape index (κ3) is 3.81. The lowest BCUT2D eigenvalue weighted by Gasteiger charge is -2.61. The largest absolute Gasteiger partial charge is 0.370 e. The van der Waals surface area contributed by atoms with Crippen molar-refractivity contribution in [2.45, 2.75) is 32.6 Å². The Balaban J connectivity index is 1.57. The number of hydrogen-bond acceptors (Lipinski definition) is 5. The number of carbonyl (C=O) groups is 2. The normalized spacial score (nSPS) is 18.4. The summed E-state index contributed by atoms with van der Waals surface area (Å²) in [5.74, 6) is -0.684. The third-order valence-corrected chi connectivity index (χ3v) is 6.54. The number of likely N-dealkylation sites (tertiary alicyclic amines) is 1. The number of hydrogen-bond donors (Lipinski definition) is 1. The predicted octanol–water partition coefficient (Wildman–Crippen LogP) is 1.45. The van der Waals surface area contributed by atoms with Gasteiger partial charge in [0.25, 0.3) is 10.0 Å². The van der Waals surface area contributed by atoms with Crippen LogP contribution in [0.4, 0.5) is 5.69 Å². The van der Waals surface area contributed by atoms with E-state index in [0.29, 0.717) is 0 Å². The summed E-state index contributed by atoms with van der Waals surface area (Å²) < 4.78 is 26.6. The van der Waals surface area contributed by atoms with Gasteiger partial charge in [-0.3, -0.25) is 9.59 Å². The zero-order valence-electron chi connectivity index (χ0n) is 16.2. The second-order valence-electron chi connectivity index (χ2n) is 8.32. The van der Waals surface area contributed by atoms with E-state index in [2.05, 4.69) is 9.62 Å². The highest BCUT2D eigenvalue weighted by atomic mass is 32.2. The Labute approximate surface area is 160 Å². The van der Waals surface area contributed by atoms with E-state index in [4.69, 9.17) is 0 Å². The van der Waals surface area contributed by atoms with Crippen molar-refractivity contribution in [3.8, 4) is 0 Å². The van der Waals surface area contributed by atoms with Crippen molar-refractivity contribution in [2.75, 3.05) is 31.1 Å². The smallest absolute Gasteiger partial charge is 0.264 e. The van der Waals surface area contributed by atoms with Crippen molar-refractivity contribution < 1.29 is 18.0 Å². The molecule has 8 heteroatoms. The number of sulfonamides is 1. The molecule has 1 N–H and O–H groups in total. The van der Waals surface area contributed by atoms with E-state index in [-0.39, 0.29) is 22.1 Å². The molecule has 0 atom stereocenters. The summed E-state index contributed by atoms with van der Waals surface area (Å²) in [5, 5.41) is 0. The van der Waals surface area contributed by atoms with Gasteiger partial charge in [0.1, 0.15) is 0 Å². The molecular formula is C19H27N3O4S. The second-order valence-corrected chi connectivity index (χ2v) is 10.0. The zero-order chi connectivity index (χ0) is 20.0. The fourth-order valence-corrected chi connectivity index (χ4v) is 4.69. The minimum Gasteiger partial charge on any atom is -0.370 e. The molecule has 7 nitrogen and oxygen atoms in total. The second kappa shape index (κ2) is 6.82. The van der Waals surface area contributed by atoms with Gasteiger partial charge in [-0.05, 0) is 24.3 Å². The Hall–Kier alpha value is -2.09. The average molecular weight is 394 g/mol. The maximum Gasteiger partial charge on any atom is 0.264 e. The maximum atomic E-state index is 12.2. The van der Waals surface area contributed by atoms with Gasteiger partial charge < -0.3 is 9.80 Å². The lowest BCUT2D eigenvalue weighted by molar-refractivity contribution is -0.148. The first-order valence-corrected chi connectivity index (χ1v) is 10.7. The number of amides is 2. The summed E-state index contributed by atoms with van der Waals surface area (Å²) in [5.41, 5.74) is 1.13. The van der Waals surface area contributed by atoms with Crippen molar-refractivity contribution in [2.24, 2.45) is 17.3 Å². The highest BCUT2D eigenvalue weighted by molar-refractivity contribution is 7.90. The van der Waals surface area contributed by atoms with Crippen LogP contribution in [0.25, 0.3) is 0 Å². The first kappa shape index (κ1) is 19.7. The fourth-order valence-electron chi connectivity index (χ4n) is 3.58. The van der Waals surface area contributed by atoms with Crippen molar-refractivity contribution in [1.29, 1.82) is 0 Å². The van der Waals surface area contributed by atoms with Gasteiger partial charge in [0.15, 0.2) is 0 Å². The van der Waals surface area contributed by atoms with E-state index in [0.717, 1.165) is 31.9 Å². The lowest BCUT2D eigenvalue weighted by Crippen LogP contribution is -2.73. The van der Waals surface area contributed by atoms with Gasteiger partial charge >= 0.3 is 0 Å². The number of benzene rings is 1. The summed E-state index contributed by atoms with van der Waals surface area (Å²) in [6.07, 6.45) is 0. The fraction of sp³-hybridized carbons (Fsp3) is 0.579. The molecule has 0 aliphatic carbocycles. The molecule has 1 aromatic carbocycles. The lowest BCUT2D eigenvalue weighted by atomic mass is 9.72. The van der Waals surface area contributed by atoms with Crippen LogP contribution in [0.5, 0.6) is 0 Å². The van der Waals surface area contributed by atoms with E-state index < -0.39 is 21.8 Å². The van der Waals surface area contributed by atoms with Gasteiger partial charge in [-0.25, -0.2) is 13.1 Å². The van der Waals surface area contributed by atoms with E-state index in [1.807, 2.05) is 18.7 Å². The average Bonchev–Trinajstić information content (AvgIpc) is 2.51. The number of nitrogens with one attached hydrogen (secondary N) is 1. The van der Waals surface area contributed by atoms with Gasteiger partial charge in [-0.15, -0.1) is 0 Å². The molecular weight excluding hydrogens is 366 g/mol. The third-order valence-electron chi connectivity index (χ3n) is 5.18. The van der Waals surface area contributed by atoms with Crippen LogP contribution in [-0.2, 0) is 19.6 Å². The summed E-state index contributed by atoms with van der Waals surface area (Å²) in [6.45, 7) is 10.5. The SMILES string of the molecule is CC(C)C(=O)NS(=O)(=O)c1ccc(N2CC3(CN(C(=O)C(C)C)C3)C2)cc1. The minimum absolute atomic E-state index is 0.0317. The van der Waals surface area contributed by atoms with Crippen molar-refractivity contribution >= 4 is 27.5 Å². The molecule has 1 spiro atoms. The molecule has 2 aliphatic heterocycles. The Morgan fingerprint density at radius 1 is 0.963 bits per heavy atom. The molecule has 2 saturated heterocycles. The Morgan fingerprint density at radius 3 is 2.00 bits per heavy atom. The van der Waals surface area contributed by atoms with Crippen LogP contribution < -0.4 is 9.62 Å². The predicted molar refractivity (Wildman–Crippen MR) is 103 cm³/mol. The van der Waals surface area contributed by atoms with Crippen LogP contribution in [0.1, 0.15) is 27.7 Å². The van der Waals surface area contributed by atoms with E-state index in [9.17, 15) is 18.0 Å². The van der Waals surface area contributed by atoms with Crippen LogP contribution in [0.3, 0.4) is 0 Å². The maximum absolute atomic E-state index is 12.2. The molecule has 0 saturated carbocycles. The highest BCUT2D eigenvalue weighted by Gasteiger charge is 2.53. The summed E-state index contributed by atoms with van der Waals surface area (Å²) in [4.78, 5) is 27.8. The molecule has 2 fully saturated rings.